The second-order valence-corrected chi connectivity index (χ2v) is 5.23. The van der Waals surface area contributed by atoms with E-state index in [0.717, 1.165) is 10.2 Å². The number of benzene rings is 2. The second kappa shape index (κ2) is 5.53. The second-order valence-electron chi connectivity index (χ2n) is 4.37. The van der Waals surface area contributed by atoms with E-state index in [2.05, 4.69) is 21.2 Å². The highest BCUT2D eigenvalue weighted by Gasteiger charge is 2.11. The maximum atomic E-state index is 13.7. The van der Waals surface area contributed by atoms with E-state index >= 15 is 0 Å². The first kappa shape index (κ1) is 13.1. The molecule has 0 aliphatic rings. The Bertz CT molecular complexity index is 554. The van der Waals surface area contributed by atoms with Crippen molar-refractivity contribution in [1.82, 2.24) is 0 Å². The lowest BCUT2D eigenvalue weighted by molar-refractivity contribution is 0.600. The average molecular weight is 308 g/mol. The van der Waals surface area contributed by atoms with Gasteiger partial charge in [-0.2, -0.15) is 0 Å². The monoisotopic (exact) mass is 307 g/mol. The summed E-state index contributed by atoms with van der Waals surface area (Å²) in [4.78, 5) is 0. The molecule has 0 bridgehead atoms. The minimum Gasteiger partial charge on any atom is -0.377 e. The number of aryl methyl sites for hydroxylation is 1. The molecule has 94 valence electrons. The molecule has 18 heavy (non-hydrogen) atoms. The van der Waals surface area contributed by atoms with Crippen LogP contribution in [0.4, 0.5) is 10.1 Å². The lowest BCUT2D eigenvalue weighted by atomic mass is 10.1. The minimum atomic E-state index is -0.179. The molecule has 3 heteroatoms. The Morgan fingerprint density at radius 2 is 1.89 bits per heavy atom. The molecule has 0 saturated carbocycles. The van der Waals surface area contributed by atoms with Gasteiger partial charge in [-0.05, 0) is 53.5 Å². The van der Waals surface area contributed by atoms with Gasteiger partial charge in [0.25, 0.3) is 0 Å². The lowest BCUT2D eigenvalue weighted by Crippen LogP contribution is -2.09. The molecule has 1 atom stereocenters. The van der Waals surface area contributed by atoms with Gasteiger partial charge >= 0.3 is 0 Å². The van der Waals surface area contributed by atoms with E-state index in [1.807, 2.05) is 38.1 Å². The third kappa shape index (κ3) is 2.91. The molecular weight excluding hydrogens is 293 g/mol. The summed E-state index contributed by atoms with van der Waals surface area (Å²) in [5.74, 6) is -0.179. The summed E-state index contributed by atoms with van der Waals surface area (Å²) in [6.45, 7) is 3.98. The highest BCUT2D eigenvalue weighted by Crippen LogP contribution is 2.28. The summed E-state index contributed by atoms with van der Waals surface area (Å²) < 4.78 is 14.7. The summed E-state index contributed by atoms with van der Waals surface area (Å²) in [6.07, 6.45) is 0. The number of nitrogens with one attached hydrogen (secondary N) is 1. The topological polar surface area (TPSA) is 12.0 Å². The van der Waals surface area contributed by atoms with Gasteiger partial charge in [-0.1, -0.05) is 24.3 Å². The van der Waals surface area contributed by atoms with Crippen LogP contribution in [0, 0.1) is 12.7 Å². The molecule has 0 aliphatic carbocycles. The number of rotatable bonds is 3. The molecule has 0 amide bonds. The molecule has 0 spiro atoms. The van der Waals surface area contributed by atoms with E-state index in [4.69, 9.17) is 0 Å². The van der Waals surface area contributed by atoms with Crippen LogP contribution in [0.2, 0.25) is 0 Å². The zero-order valence-electron chi connectivity index (χ0n) is 10.4. The van der Waals surface area contributed by atoms with Crippen LogP contribution in [-0.4, -0.2) is 0 Å². The standard InChI is InChI=1S/C15H15BrFN/c1-10-7-8-13(16)15(9-10)18-11(2)12-5-3-4-6-14(12)17/h3-9,11,18H,1-2H3. The van der Waals surface area contributed by atoms with Crippen LogP contribution in [-0.2, 0) is 0 Å². The zero-order chi connectivity index (χ0) is 13.1. The van der Waals surface area contributed by atoms with Gasteiger partial charge < -0.3 is 5.32 Å². The van der Waals surface area contributed by atoms with Crippen molar-refractivity contribution in [2.75, 3.05) is 5.32 Å². The molecule has 0 saturated heterocycles. The number of anilines is 1. The first-order valence-electron chi connectivity index (χ1n) is 5.85. The van der Waals surface area contributed by atoms with E-state index in [-0.39, 0.29) is 11.9 Å². The van der Waals surface area contributed by atoms with E-state index in [0.29, 0.717) is 5.56 Å². The van der Waals surface area contributed by atoms with Crippen molar-refractivity contribution >= 4 is 21.6 Å². The molecule has 1 N–H and O–H groups in total. The van der Waals surface area contributed by atoms with E-state index < -0.39 is 0 Å². The molecule has 0 heterocycles. The average Bonchev–Trinajstić information content (AvgIpc) is 2.34. The summed E-state index contributed by atoms with van der Waals surface area (Å²) in [5, 5.41) is 3.32. The van der Waals surface area contributed by atoms with Crippen LogP contribution in [0.15, 0.2) is 46.9 Å². The Morgan fingerprint density at radius 3 is 2.61 bits per heavy atom. The number of hydrogen-bond donors (Lipinski definition) is 1. The molecule has 0 aliphatic heterocycles. The molecule has 1 nitrogen and oxygen atoms in total. The third-order valence-corrected chi connectivity index (χ3v) is 3.56. The molecule has 0 aromatic heterocycles. The first-order chi connectivity index (χ1) is 8.58. The minimum absolute atomic E-state index is 0.0794. The zero-order valence-corrected chi connectivity index (χ0v) is 12.0. The molecule has 2 aromatic rings. The Kier molecular flexibility index (Phi) is 4.02. The van der Waals surface area contributed by atoms with Crippen molar-refractivity contribution in [3.8, 4) is 0 Å². The Morgan fingerprint density at radius 1 is 1.17 bits per heavy atom. The van der Waals surface area contributed by atoms with Crippen molar-refractivity contribution in [2.24, 2.45) is 0 Å². The van der Waals surface area contributed by atoms with Crippen LogP contribution in [0.5, 0.6) is 0 Å². The predicted octanol–water partition coefficient (Wildman–Crippen LogP) is 5.07. The van der Waals surface area contributed by atoms with Crippen LogP contribution in [0.1, 0.15) is 24.1 Å². The van der Waals surface area contributed by atoms with Crippen molar-refractivity contribution in [3.63, 3.8) is 0 Å². The largest absolute Gasteiger partial charge is 0.377 e. The fourth-order valence-corrected chi connectivity index (χ4v) is 2.25. The van der Waals surface area contributed by atoms with Gasteiger partial charge in [0.1, 0.15) is 5.82 Å². The fraction of sp³-hybridized carbons (Fsp3) is 0.200. The van der Waals surface area contributed by atoms with Gasteiger partial charge in [0.2, 0.25) is 0 Å². The molecule has 0 radical (unpaired) electrons. The first-order valence-corrected chi connectivity index (χ1v) is 6.64. The quantitative estimate of drug-likeness (QED) is 0.834. The normalized spacial score (nSPS) is 12.2. The number of halogens is 2. The SMILES string of the molecule is Cc1ccc(Br)c(NC(C)c2ccccc2F)c1. The van der Waals surface area contributed by atoms with Crippen LogP contribution in [0.3, 0.4) is 0 Å². The highest BCUT2D eigenvalue weighted by molar-refractivity contribution is 9.10. The molecule has 1 unspecified atom stereocenters. The smallest absolute Gasteiger partial charge is 0.128 e. The highest BCUT2D eigenvalue weighted by atomic mass is 79.9. The van der Waals surface area contributed by atoms with Gasteiger partial charge in [0.15, 0.2) is 0 Å². The Balaban J connectivity index is 2.24. The van der Waals surface area contributed by atoms with Gasteiger partial charge in [-0.25, -0.2) is 4.39 Å². The van der Waals surface area contributed by atoms with E-state index in [1.165, 1.54) is 11.6 Å². The fourth-order valence-electron chi connectivity index (χ4n) is 1.89. The molecule has 2 aromatic carbocycles. The Labute approximate surface area is 115 Å². The van der Waals surface area contributed by atoms with Gasteiger partial charge in [0, 0.05) is 15.7 Å². The van der Waals surface area contributed by atoms with Crippen molar-refractivity contribution in [1.29, 1.82) is 0 Å². The Hall–Kier alpha value is -1.35. The van der Waals surface area contributed by atoms with Crippen LogP contribution in [0.25, 0.3) is 0 Å². The van der Waals surface area contributed by atoms with Crippen molar-refractivity contribution in [2.45, 2.75) is 19.9 Å². The molecule has 0 fully saturated rings. The maximum absolute atomic E-state index is 13.7. The van der Waals surface area contributed by atoms with Crippen LogP contribution < -0.4 is 5.32 Å². The summed E-state index contributed by atoms with van der Waals surface area (Å²) in [6, 6.07) is 12.8. The van der Waals surface area contributed by atoms with Gasteiger partial charge in [-0.3, -0.25) is 0 Å². The number of hydrogen-bond acceptors (Lipinski definition) is 1. The van der Waals surface area contributed by atoms with Gasteiger partial charge in [0.05, 0.1) is 6.04 Å². The maximum Gasteiger partial charge on any atom is 0.128 e. The molecular formula is C15H15BrFN. The summed E-state index contributed by atoms with van der Waals surface area (Å²) >= 11 is 3.49. The summed E-state index contributed by atoms with van der Waals surface area (Å²) in [7, 11) is 0. The van der Waals surface area contributed by atoms with Gasteiger partial charge in [-0.15, -0.1) is 0 Å². The van der Waals surface area contributed by atoms with Crippen molar-refractivity contribution in [3.05, 3.63) is 63.9 Å². The third-order valence-electron chi connectivity index (χ3n) is 2.87. The van der Waals surface area contributed by atoms with E-state index in [1.54, 1.807) is 12.1 Å². The van der Waals surface area contributed by atoms with Crippen LogP contribution >= 0.6 is 15.9 Å². The van der Waals surface area contributed by atoms with Crippen molar-refractivity contribution < 1.29 is 4.39 Å². The lowest BCUT2D eigenvalue weighted by Gasteiger charge is -2.18. The van der Waals surface area contributed by atoms with E-state index in [9.17, 15) is 4.39 Å². The summed E-state index contributed by atoms with van der Waals surface area (Å²) in [5.41, 5.74) is 2.82. The predicted molar refractivity (Wildman–Crippen MR) is 77.3 cm³/mol. The molecule has 2 rings (SSSR count).